The fourth-order valence-corrected chi connectivity index (χ4v) is 4.75. The van der Waals surface area contributed by atoms with Crippen LogP contribution in [-0.4, -0.2) is 8.07 Å². The van der Waals surface area contributed by atoms with Gasteiger partial charge in [0.1, 0.15) is 0 Å². The highest BCUT2D eigenvalue weighted by molar-refractivity contribution is 6.79. The Labute approximate surface area is 53.3 Å². The van der Waals surface area contributed by atoms with Crippen LogP contribution in [0.3, 0.4) is 0 Å². The molecule has 1 heterocycles. The summed E-state index contributed by atoms with van der Waals surface area (Å²) in [5.74, 6) is 0. The summed E-state index contributed by atoms with van der Waals surface area (Å²) in [6.07, 6.45) is 3.08. The van der Waals surface area contributed by atoms with Crippen molar-refractivity contribution in [3.05, 3.63) is 0 Å². The van der Waals surface area contributed by atoms with Gasteiger partial charge in [-0.1, -0.05) is 44.4 Å². The van der Waals surface area contributed by atoms with Crippen molar-refractivity contribution in [3.63, 3.8) is 0 Å². The zero-order valence-electron chi connectivity index (χ0n) is 6.04. The van der Waals surface area contributed by atoms with Crippen molar-refractivity contribution in [2.24, 2.45) is 0 Å². The molecule has 1 rings (SSSR count). The molecule has 0 aromatic heterocycles. The van der Waals surface area contributed by atoms with Crippen molar-refractivity contribution in [3.8, 4) is 0 Å². The van der Waals surface area contributed by atoms with Crippen LogP contribution in [0.15, 0.2) is 0 Å². The van der Waals surface area contributed by atoms with E-state index in [0.717, 1.165) is 0 Å². The van der Waals surface area contributed by atoms with Crippen LogP contribution < -0.4 is 0 Å². The van der Waals surface area contributed by atoms with Crippen molar-refractivity contribution >= 4 is 8.07 Å². The van der Waals surface area contributed by atoms with Gasteiger partial charge in [-0.2, -0.15) is 0 Å². The SMILES string of the molecule is CC[Si]1(C)CCCC1. The van der Waals surface area contributed by atoms with Gasteiger partial charge in [-0.25, -0.2) is 0 Å². The zero-order valence-corrected chi connectivity index (χ0v) is 7.04. The fraction of sp³-hybridized carbons (Fsp3) is 1.00. The Bertz CT molecular complexity index is 72.5. The Morgan fingerprint density at radius 1 is 1.25 bits per heavy atom. The second-order valence-corrected chi connectivity index (χ2v) is 8.70. The summed E-state index contributed by atoms with van der Waals surface area (Å²) >= 11 is 0. The van der Waals surface area contributed by atoms with Crippen LogP contribution >= 0.6 is 0 Å². The molecule has 0 N–H and O–H groups in total. The van der Waals surface area contributed by atoms with E-state index < -0.39 is 8.07 Å². The molecule has 0 saturated carbocycles. The maximum Gasteiger partial charge on any atom is 0.0502 e. The van der Waals surface area contributed by atoms with Gasteiger partial charge < -0.3 is 0 Å². The van der Waals surface area contributed by atoms with Gasteiger partial charge in [0, 0.05) is 0 Å². The highest BCUT2D eigenvalue weighted by atomic mass is 28.3. The molecule has 48 valence electrons. The molecule has 0 spiro atoms. The van der Waals surface area contributed by atoms with Gasteiger partial charge in [-0.3, -0.25) is 0 Å². The first kappa shape index (κ1) is 6.34. The summed E-state index contributed by atoms with van der Waals surface area (Å²) < 4.78 is 0. The Morgan fingerprint density at radius 2 is 1.75 bits per heavy atom. The highest BCUT2D eigenvalue weighted by Gasteiger charge is 2.28. The van der Waals surface area contributed by atoms with Gasteiger partial charge in [0.15, 0.2) is 0 Å². The molecule has 1 saturated heterocycles. The van der Waals surface area contributed by atoms with Crippen LogP contribution in [0, 0.1) is 0 Å². The average Bonchev–Trinajstić information content (AvgIpc) is 2.17. The van der Waals surface area contributed by atoms with E-state index in [1.54, 1.807) is 12.1 Å². The summed E-state index contributed by atoms with van der Waals surface area (Å²) in [5.41, 5.74) is 0. The standard InChI is InChI=1S/C7H16Si/c1-3-8(2)6-4-5-7-8/h3-7H2,1-2H3. The molecule has 0 amide bonds. The summed E-state index contributed by atoms with van der Waals surface area (Å²) in [7, 11) is -0.560. The third kappa shape index (κ3) is 1.13. The normalized spacial score (nSPS) is 26.2. The molecule has 1 aliphatic heterocycles. The molecule has 0 nitrogen and oxygen atoms in total. The minimum atomic E-state index is -0.560. The zero-order chi connectivity index (χ0) is 6.04. The van der Waals surface area contributed by atoms with E-state index in [-0.39, 0.29) is 0 Å². The van der Waals surface area contributed by atoms with E-state index in [2.05, 4.69) is 13.5 Å². The topological polar surface area (TPSA) is 0 Å². The van der Waals surface area contributed by atoms with Crippen LogP contribution in [-0.2, 0) is 0 Å². The first-order chi connectivity index (χ1) is 3.77. The minimum absolute atomic E-state index is 0.560. The monoisotopic (exact) mass is 128 g/mol. The molecule has 0 aliphatic carbocycles. The van der Waals surface area contributed by atoms with Gasteiger partial charge in [-0.15, -0.1) is 0 Å². The third-order valence-corrected chi connectivity index (χ3v) is 7.49. The Hall–Kier alpha value is 0.217. The van der Waals surface area contributed by atoms with E-state index >= 15 is 0 Å². The summed E-state index contributed by atoms with van der Waals surface area (Å²) in [6.45, 7) is 4.93. The molecule has 0 atom stereocenters. The third-order valence-electron chi connectivity index (χ3n) is 2.66. The van der Waals surface area contributed by atoms with Crippen LogP contribution in [0.1, 0.15) is 19.8 Å². The second-order valence-electron chi connectivity index (χ2n) is 3.37. The van der Waals surface area contributed by atoms with Crippen molar-refractivity contribution in [2.45, 2.75) is 44.4 Å². The van der Waals surface area contributed by atoms with Gasteiger partial charge in [0.25, 0.3) is 0 Å². The quantitative estimate of drug-likeness (QED) is 0.476. The summed E-state index contributed by atoms with van der Waals surface area (Å²) in [5, 5.41) is 0. The van der Waals surface area contributed by atoms with Crippen LogP contribution in [0.4, 0.5) is 0 Å². The summed E-state index contributed by atoms with van der Waals surface area (Å²) in [6, 6.07) is 4.75. The lowest BCUT2D eigenvalue weighted by atomic mass is 10.4. The van der Waals surface area contributed by atoms with E-state index in [1.165, 1.54) is 18.9 Å². The molecule has 0 bridgehead atoms. The summed E-state index contributed by atoms with van der Waals surface area (Å²) in [4.78, 5) is 0. The van der Waals surface area contributed by atoms with Crippen LogP contribution in [0.5, 0.6) is 0 Å². The average molecular weight is 128 g/mol. The van der Waals surface area contributed by atoms with Crippen molar-refractivity contribution in [2.75, 3.05) is 0 Å². The van der Waals surface area contributed by atoms with Gasteiger partial charge in [-0.05, 0) is 0 Å². The molecular weight excluding hydrogens is 112 g/mol. The van der Waals surface area contributed by atoms with E-state index in [0.29, 0.717) is 0 Å². The molecule has 0 aromatic rings. The lowest BCUT2D eigenvalue weighted by molar-refractivity contribution is 0.935. The highest BCUT2D eigenvalue weighted by Crippen LogP contribution is 2.32. The van der Waals surface area contributed by atoms with Crippen LogP contribution in [0.2, 0.25) is 24.7 Å². The smallest absolute Gasteiger partial charge is 0.0502 e. The Balaban J connectivity index is 2.40. The maximum atomic E-state index is 2.56. The first-order valence-electron chi connectivity index (χ1n) is 3.77. The van der Waals surface area contributed by atoms with Crippen molar-refractivity contribution in [1.82, 2.24) is 0 Å². The van der Waals surface area contributed by atoms with E-state index in [9.17, 15) is 0 Å². The predicted molar refractivity (Wildman–Crippen MR) is 40.9 cm³/mol. The van der Waals surface area contributed by atoms with Crippen molar-refractivity contribution < 1.29 is 0 Å². The molecular formula is C7H16Si. The number of rotatable bonds is 1. The van der Waals surface area contributed by atoms with Crippen molar-refractivity contribution in [1.29, 1.82) is 0 Å². The van der Waals surface area contributed by atoms with Gasteiger partial charge in [0.2, 0.25) is 0 Å². The predicted octanol–water partition coefficient (Wildman–Crippen LogP) is 2.88. The first-order valence-corrected chi connectivity index (χ1v) is 6.89. The van der Waals surface area contributed by atoms with E-state index in [1.807, 2.05) is 0 Å². The largest absolute Gasteiger partial charge is 0.0692 e. The second kappa shape index (κ2) is 2.22. The van der Waals surface area contributed by atoms with E-state index in [4.69, 9.17) is 0 Å². The lowest BCUT2D eigenvalue weighted by Gasteiger charge is -2.16. The minimum Gasteiger partial charge on any atom is -0.0692 e. The molecule has 0 radical (unpaired) electrons. The molecule has 1 heteroatoms. The molecule has 0 unspecified atom stereocenters. The Kier molecular flexibility index (Phi) is 1.76. The molecule has 8 heavy (non-hydrogen) atoms. The number of hydrogen-bond donors (Lipinski definition) is 0. The Morgan fingerprint density at radius 3 is 2.00 bits per heavy atom. The van der Waals surface area contributed by atoms with Gasteiger partial charge in [0.05, 0.1) is 8.07 Å². The molecule has 0 aromatic carbocycles. The molecule has 1 fully saturated rings. The lowest BCUT2D eigenvalue weighted by Crippen LogP contribution is -2.22. The molecule has 1 aliphatic rings. The fourth-order valence-electron chi connectivity index (χ4n) is 1.58. The van der Waals surface area contributed by atoms with Gasteiger partial charge >= 0.3 is 0 Å². The number of hydrogen-bond acceptors (Lipinski definition) is 0. The maximum absolute atomic E-state index is 2.56. The van der Waals surface area contributed by atoms with Crippen LogP contribution in [0.25, 0.3) is 0 Å².